The van der Waals surface area contributed by atoms with Gasteiger partial charge in [-0.15, -0.1) is 0 Å². The third-order valence-electron chi connectivity index (χ3n) is 2.07. The van der Waals surface area contributed by atoms with Crippen LogP contribution in [0.25, 0.3) is 0 Å². The minimum absolute atomic E-state index is 0.00113. The van der Waals surface area contributed by atoms with Crippen molar-refractivity contribution in [2.24, 2.45) is 0 Å². The van der Waals surface area contributed by atoms with Crippen LogP contribution in [0.4, 0.5) is 10.3 Å². The van der Waals surface area contributed by atoms with E-state index >= 15 is 0 Å². The molecule has 0 amide bonds. The summed E-state index contributed by atoms with van der Waals surface area (Å²) in [5.74, 6) is 0.181. The van der Waals surface area contributed by atoms with Crippen molar-refractivity contribution in [2.45, 2.75) is 0 Å². The Morgan fingerprint density at radius 2 is 2.00 bits per heavy atom. The fourth-order valence-electron chi connectivity index (χ4n) is 1.22. The molecule has 1 heterocycles. The number of nitrogens with zero attached hydrogens (tertiary/aromatic N) is 4. The average Bonchev–Trinajstić information content (AvgIpc) is 2.33. The van der Waals surface area contributed by atoms with Crippen LogP contribution in [0, 0.1) is 5.82 Å². The fraction of sp³-hybridized carbons (Fsp3) is 0.182. The largest absolute Gasteiger partial charge is 0.423 e. The first kappa shape index (κ1) is 14.0. The molecular weight excluding hydrogens is 339 g/mol. The van der Waals surface area contributed by atoms with Crippen molar-refractivity contribution in [1.82, 2.24) is 15.0 Å². The standard InChI is InChI=1S/C11H9BrClFN4O/c1-18(2)10-15-9(13)16-11(17-10)19-8-5-6(14)3-4-7(8)12/h3-5H,1-2H3. The summed E-state index contributed by atoms with van der Waals surface area (Å²) in [6.07, 6.45) is 0. The molecule has 100 valence electrons. The van der Waals surface area contributed by atoms with Gasteiger partial charge in [0.2, 0.25) is 11.2 Å². The van der Waals surface area contributed by atoms with Crippen LogP contribution in [0.1, 0.15) is 0 Å². The molecule has 5 nitrogen and oxygen atoms in total. The van der Waals surface area contributed by atoms with Crippen molar-refractivity contribution < 1.29 is 9.13 Å². The fourth-order valence-corrected chi connectivity index (χ4v) is 1.70. The molecule has 0 radical (unpaired) electrons. The maximum absolute atomic E-state index is 13.1. The van der Waals surface area contributed by atoms with Crippen LogP contribution in [0.3, 0.4) is 0 Å². The maximum atomic E-state index is 13.1. The first-order chi connectivity index (χ1) is 8.95. The number of benzene rings is 1. The number of rotatable bonds is 3. The average molecular weight is 348 g/mol. The monoisotopic (exact) mass is 346 g/mol. The summed E-state index contributed by atoms with van der Waals surface area (Å²) in [4.78, 5) is 13.5. The van der Waals surface area contributed by atoms with Crippen molar-refractivity contribution >= 4 is 33.5 Å². The van der Waals surface area contributed by atoms with E-state index < -0.39 is 5.82 Å². The van der Waals surface area contributed by atoms with Crippen molar-refractivity contribution in [3.05, 3.63) is 33.8 Å². The van der Waals surface area contributed by atoms with Gasteiger partial charge in [0.05, 0.1) is 4.47 Å². The van der Waals surface area contributed by atoms with Gasteiger partial charge in [-0.1, -0.05) is 0 Å². The lowest BCUT2D eigenvalue weighted by molar-refractivity contribution is 0.433. The van der Waals surface area contributed by atoms with Gasteiger partial charge in [0.1, 0.15) is 11.6 Å². The molecule has 8 heteroatoms. The summed E-state index contributed by atoms with van der Waals surface area (Å²) < 4.78 is 19.1. The number of anilines is 1. The van der Waals surface area contributed by atoms with Crippen molar-refractivity contribution in [1.29, 1.82) is 0 Å². The summed E-state index contributed by atoms with van der Waals surface area (Å²) in [7, 11) is 3.51. The number of halogens is 3. The summed E-state index contributed by atoms with van der Waals surface area (Å²) in [5, 5.41) is 0.00113. The molecule has 0 unspecified atom stereocenters. The Morgan fingerprint density at radius 1 is 1.26 bits per heavy atom. The van der Waals surface area contributed by atoms with Crippen LogP contribution >= 0.6 is 27.5 Å². The van der Waals surface area contributed by atoms with Gasteiger partial charge in [0.25, 0.3) is 0 Å². The van der Waals surface area contributed by atoms with Gasteiger partial charge in [-0.2, -0.15) is 15.0 Å². The van der Waals surface area contributed by atoms with Gasteiger partial charge in [-0.3, -0.25) is 0 Å². The predicted octanol–water partition coefficient (Wildman–Crippen LogP) is 3.28. The number of ether oxygens (including phenoxy) is 1. The molecule has 0 spiro atoms. The molecule has 1 aromatic carbocycles. The zero-order valence-corrected chi connectivity index (χ0v) is 12.4. The van der Waals surface area contributed by atoms with Gasteiger partial charge >= 0.3 is 6.01 Å². The Morgan fingerprint density at radius 3 is 2.68 bits per heavy atom. The second-order valence-electron chi connectivity index (χ2n) is 3.76. The molecular formula is C11H9BrClFN4O. The molecule has 0 saturated heterocycles. The van der Waals surface area contributed by atoms with E-state index in [9.17, 15) is 4.39 Å². The van der Waals surface area contributed by atoms with E-state index in [1.807, 2.05) is 0 Å². The summed E-state index contributed by atoms with van der Waals surface area (Å²) >= 11 is 9.02. The minimum Gasteiger partial charge on any atom is -0.423 e. The van der Waals surface area contributed by atoms with Crippen molar-refractivity contribution in [2.75, 3.05) is 19.0 Å². The lowest BCUT2D eigenvalue weighted by atomic mass is 10.3. The molecule has 2 rings (SSSR count). The molecule has 1 aromatic heterocycles. The lowest BCUT2D eigenvalue weighted by Gasteiger charge is -2.11. The maximum Gasteiger partial charge on any atom is 0.328 e. The van der Waals surface area contributed by atoms with Gasteiger partial charge in [0.15, 0.2) is 0 Å². The van der Waals surface area contributed by atoms with Crippen LogP contribution in [0.15, 0.2) is 22.7 Å². The van der Waals surface area contributed by atoms with E-state index in [4.69, 9.17) is 16.3 Å². The van der Waals surface area contributed by atoms with Crippen LogP contribution < -0.4 is 9.64 Å². The van der Waals surface area contributed by atoms with Gasteiger partial charge < -0.3 is 9.64 Å². The molecule has 0 atom stereocenters. The van der Waals surface area contributed by atoms with Crippen molar-refractivity contribution in [3.63, 3.8) is 0 Å². The highest BCUT2D eigenvalue weighted by molar-refractivity contribution is 9.10. The zero-order chi connectivity index (χ0) is 14.0. The van der Waals surface area contributed by atoms with E-state index in [0.29, 0.717) is 10.4 Å². The normalized spacial score (nSPS) is 10.4. The molecule has 19 heavy (non-hydrogen) atoms. The highest BCUT2D eigenvalue weighted by Crippen LogP contribution is 2.29. The minimum atomic E-state index is -0.425. The van der Waals surface area contributed by atoms with E-state index in [1.54, 1.807) is 19.0 Å². The number of hydrogen-bond acceptors (Lipinski definition) is 5. The van der Waals surface area contributed by atoms with Gasteiger partial charge in [-0.05, 0) is 39.7 Å². The first-order valence-electron chi connectivity index (χ1n) is 5.17. The van der Waals surface area contributed by atoms with Crippen molar-refractivity contribution in [3.8, 4) is 11.8 Å². The van der Waals surface area contributed by atoms with E-state index in [-0.39, 0.29) is 17.0 Å². The second-order valence-corrected chi connectivity index (χ2v) is 4.95. The number of aromatic nitrogens is 3. The Labute approximate surface area is 122 Å². The van der Waals surface area contributed by atoms with Gasteiger partial charge in [-0.25, -0.2) is 4.39 Å². The Hall–Kier alpha value is -1.47. The molecule has 0 fully saturated rings. The van der Waals surface area contributed by atoms with Crippen LogP contribution in [0.5, 0.6) is 11.8 Å². The van der Waals surface area contributed by atoms with Crippen LogP contribution in [-0.2, 0) is 0 Å². The Kier molecular flexibility index (Phi) is 4.16. The third kappa shape index (κ3) is 3.51. The molecule has 2 aromatic rings. The number of hydrogen-bond donors (Lipinski definition) is 0. The molecule has 0 N–H and O–H groups in total. The molecule has 0 bridgehead atoms. The second kappa shape index (κ2) is 5.66. The molecule has 0 aliphatic rings. The summed E-state index contributed by atoms with van der Waals surface area (Å²) in [6, 6.07) is 4.05. The molecule has 0 aliphatic heterocycles. The van der Waals surface area contributed by atoms with E-state index in [1.165, 1.54) is 18.2 Å². The van der Waals surface area contributed by atoms with Crippen LogP contribution in [0.2, 0.25) is 5.28 Å². The Balaban J connectivity index is 2.35. The molecule has 0 saturated carbocycles. The highest BCUT2D eigenvalue weighted by Gasteiger charge is 2.11. The lowest BCUT2D eigenvalue weighted by Crippen LogP contribution is -2.13. The SMILES string of the molecule is CN(C)c1nc(Cl)nc(Oc2cc(F)ccc2Br)n1. The summed E-state index contributed by atoms with van der Waals surface area (Å²) in [5.41, 5.74) is 0. The quantitative estimate of drug-likeness (QED) is 0.853. The third-order valence-corrected chi connectivity index (χ3v) is 2.89. The Bertz CT molecular complexity index is 611. The highest BCUT2D eigenvalue weighted by atomic mass is 79.9. The molecule has 0 aliphatic carbocycles. The van der Waals surface area contributed by atoms with E-state index in [2.05, 4.69) is 30.9 Å². The topological polar surface area (TPSA) is 51.1 Å². The van der Waals surface area contributed by atoms with Crippen LogP contribution in [-0.4, -0.2) is 29.0 Å². The zero-order valence-electron chi connectivity index (χ0n) is 10.1. The predicted molar refractivity (Wildman–Crippen MR) is 73.3 cm³/mol. The first-order valence-corrected chi connectivity index (χ1v) is 6.34. The smallest absolute Gasteiger partial charge is 0.328 e. The summed E-state index contributed by atoms with van der Waals surface area (Å²) in [6.45, 7) is 0. The van der Waals surface area contributed by atoms with E-state index in [0.717, 1.165) is 0 Å². The van der Waals surface area contributed by atoms with Gasteiger partial charge in [0, 0.05) is 20.2 Å².